The summed E-state index contributed by atoms with van der Waals surface area (Å²) < 4.78 is 5.32. The van der Waals surface area contributed by atoms with Crippen LogP contribution in [-0.4, -0.2) is 23.2 Å². The van der Waals surface area contributed by atoms with E-state index in [4.69, 9.17) is 27.9 Å². The van der Waals surface area contributed by atoms with Gasteiger partial charge in [-0.15, -0.1) is 0 Å². The minimum atomic E-state index is -0.539. The largest absolute Gasteiger partial charge is 0.443 e. The zero-order chi connectivity index (χ0) is 13.5. The second-order valence-electron chi connectivity index (χ2n) is 5.11. The Morgan fingerprint density at radius 3 is 2.72 bits per heavy atom. The summed E-state index contributed by atoms with van der Waals surface area (Å²) in [5, 5.41) is 0.810. The third kappa shape index (κ3) is 2.70. The number of amides is 1. The lowest BCUT2D eigenvalue weighted by Gasteiger charge is -2.24. The van der Waals surface area contributed by atoms with E-state index in [2.05, 4.69) is 4.98 Å². The highest BCUT2D eigenvalue weighted by atomic mass is 35.5. The van der Waals surface area contributed by atoms with Crippen molar-refractivity contribution in [2.75, 3.05) is 11.4 Å². The summed E-state index contributed by atoms with van der Waals surface area (Å²) >= 11 is 11.9. The van der Waals surface area contributed by atoms with Gasteiger partial charge in [0.15, 0.2) is 0 Å². The van der Waals surface area contributed by atoms with E-state index in [1.54, 1.807) is 6.07 Å². The molecule has 2 heterocycles. The van der Waals surface area contributed by atoms with Crippen LogP contribution in [0.1, 0.15) is 26.3 Å². The van der Waals surface area contributed by atoms with Crippen LogP contribution in [0.15, 0.2) is 6.07 Å². The molecular weight excluding hydrogens is 275 g/mol. The number of ether oxygens (including phenoxy) is 1. The van der Waals surface area contributed by atoms with E-state index in [-0.39, 0.29) is 5.15 Å². The summed E-state index contributed by atoms with van der Waals surface area (Å²) in [4.78, 5) is 17.6. The first kappa shape index (κ1) is 13.4. The SMILES string of the molecule is CC(C)(C)OC(=O)N1CCc2c(Cl)cc(Cl)nc21. The molecule has 2 rings (SSSR count). The zero-order valence-corrected chi connectivity index (χ0v) is 12.0. The molecule has 4 nitrogen and oxygen atoms in total. The first-order valence-electron chi connectivity index (χ1n) is 5.63. The standard InChI is InChI=1S/C12H14Cl2N2O2/c1-12(2,3)18-11(17)16-5-4-7-8(13)6-9(14)15-10(7)16/h6H,4-5H2,1-3H3. The van der Waals surface area contributed by atoms with Gasteiger partial charge in [-0.2, -0.15) is 0 Å². The van der Waals surface area contributed by atoms with E-state index in [1.807, 2.05) is 20.8 Å². The molecule has 0 saturated heterocycles. The minimum Gasteiger partial charge on any atom is -0.443 e. The first-order valence-corrected chi connectivity index (χ1v) is 6.39. The fraction of sp³-hybridized carbons (Fsp3) is 0.500. The summed E-state index contributed by atoms with van der Waals surface area (Å²) in [6.07, 6.45) is 0.240. The zero-order valence-electron chi connectivity index (χ0n) is 10.5. The Morgan fingerprint density at radius 2 is 2.11 bits per heavy atom. The van der Waals surface area contributed by atoms with Crippen molar-refractivity contribution in [3.8, 4) is 0 Å². The second-order valence-corrected chi connectivity index (χ2v) is 5.91. The number of carbonyl (C=O) groups is 1. The van der Waals surface area contributed by atoms with E-state index >= 15 is 0 Å². The average Bonchev–Trinajstić information content (AvgIpc) is 2.58. The van der Waals surface area contributed by atoms with Gasteiger partial charge in [-0.05, 0) is 33.3 Å². The highest BCUT2D eigenvalue weighted by molar-refractivity contribution is 6.35. The number of aromatic nitrogens is 1. The molecule has 0 aliphatic carbocycles. The van der Waals surface area contributed by atoms with Gasteiger partial charge >= 0.3 is 6.09 Å². The lowest BCUT2D eigenvalue weighted by Crippen LogP contribution is -2.36. The van der Waals surface area contributed by atoms with Crippen molar-refractivity contribution < 1.29 is 9.53 Å². The van der Waals surface area contributed by atoms with Gasteiger partial charge in [-0.3, -0.25) is 4.90 Å². The van der Waals surface area contributed by atoms with E-state index in [0.29, 0.717) is 23.8 Å². The van der Waals surface area contributed by atoms with Crippen molar-refractivity contribution in [1.29, 1.82) is 0 Å². The van der Waals surface area contributed by atoms with E-state index in [9.17, 15) is 4.79 Å². The van der Waals surface area contributed by atoms with Crippen molar-refractivity contribution in [2.24, 2.45) is 0 Å². The van der Waals surface area contributed by atoms with Gasteiger partial charge in [0.2, 0.25) is 0 Å². The molecule has 0 N–H and O–H groups in total. The number of anilines is 1. The Kier molecular flexibility index (Phi) is 3.43. The molecule has 0 fully saturated rings. The molecule has 0 spiro atoms. The van der Waals surface area contributed by atoms with Crippen LogP contribution in [0.3, 0.4) is 0 Å². The maximum Gasteiger partial charge on any atom is 0.416 e. The lowest BCUT2D eigenvalue weighted by molar-refractivity contribution is 0.0583. The van der Waals surface area contributed by atoms with Crippen LogP contribution in [0.25, 0.3) is 0 Å². The topological polar surface area (TPSA) is 42.4 Å². The van der Waals surface area contributed by atoms with E-state index in [1.165, 1.54) is 4.90 Å². The summed E-state index contributed by atoms with van der Waals surface area (Å²) in [7, 11) is 0. The molecule has 1 aromatic heterocycles. The van der Waals surface area contributed by atoms with Crippen LogP contribution < -0.4 is 4.90 Å². The predicted molar refractivity (Wildman–Crippen MR) is 71.5 cm³/mol. The molecule has 0 saturated carbocycles. The monoisotopic (exact) mass is 288 g/mol. The third-order valence-electron chi connectivity index (χ3n) is 2.47. The Balaban J connectivity index is 2.29. The number of pyridine rings is 1. The molecule has 1 amide bonds. The van der Waals surface area contributed by atoms with Crippen LogP contribution in [0.2, 0.25) is 10.2 Å². The summed E-state index contributed by atoms with van der Waals surface area (Å²) in [6.45, 7) is 5.97. The molecule has 18 heavy (non-hydrogen) atoms. The number of rotatable bonds is 0. The molecule has 0 atom stereocenters. The van der Waals surface area contributed by atoms with Crippen molar-refractivity contribution in [3.63, 3.8) is 0 Å². The Labute approximate surface area is 116 Å². The van der Waals surface area contributed by atoms with Crippen molar-refractivity contribution >= 4 is 35.1 Å². The molecule has 1 aliphatic rings. The second kappa shape index (κ2) is 4.59. The lowest BCUT2D eigenvalue weighted by atomic mass is 10.2. The quantitative estimate of drug-likeness (QED) is 0.684. The maximum atomic E-state index is 12.0. The van der Waals surface area contributed by atoms with Crippen LogP contribution in [0.5, 0.6) is 0 Å². The number of halogens is 2. The van der Waals surface area contributed by atoms with Crippen molar-refractivity contribution in [2.45, 2.75) is 32.8 Å². The Hall–Kier alpha value is -1.000. The Bertz CT molecular complexity index is 498. The summed E-state index contributed by atoms with van der Waals surface area (Å²) in [5.41, 5.74) is 0.300. The predicted octanol–water partition coefficient (Wildman–Crippen LogP) is 3.69. The molecule has 0 radical (unpaired) electrons. The van der Waals surface area contributed by atoms with Crippen LogP contribution >= 0.6 is 23.2 Å². The number of fused-ring (bicyclic) bond motifs is 1. The number of hydrogen-bond acceptors (Lipinski definition) is 3. The normalized spacial score (nSPS) is 14.6. The van der Waals surface area contributed by atoms with Crippen LogP contribution in [-0.2, 0) is 11.2 Å². The van der Waals surface area contributed by atoms with E-state index < -0.39 is 11.7 Å². The fourth-order valence-corrected chi connectivity index (χ4v) is 2.31. The summed E-state index contributed by atoms with van der Waals surface area (Å²) in [6, 6.07) is 1.58. The van der Waals surface area contributed by atoms with Crippen LogP contribution in [0, 0.1) is 0 Å². The summed E-state index contributed by atoms with van der Waals surface area (Å²) in [5.74, 6) is 0.502. The molecular formula is C12H14Cl2N2O2. The molecule has 0 unspecified atom stereocenters. The number of hydrogen-bond donors (Lipinski definition) is 0. The molecule has 6 heteroatoms. The maximum absolute atomic E-state index is 12.0. The number of nitrogens with zero attached hydrogens (tertiary/aromatic N) is 2. The van der Waals surface area contributed by atoms with Crippen LogP contribution in [0.4, 0.5) is 10.6 Å². The smallest absolute Gasteiger partial charge is 0.416 e. The fourth-order valence-electron chi connectivity index (χ4n) is 1.78. The van der Waals surface area contributed by atoms with Gasteiger partial charge in [-0.1, -0.05) is 23.2 Å². The van der Waals surface area contributed by atoms with Gasteiger partial charge in [0.25, 0.3) is 0 Å². The van der Waals surface area contributed by atoms with Crippen molar-refractivity contribution in [1.82, 2.24) is 4.98 Å². The van der Waals surface area contributed by atoms with E-state index in [0.717, 1.165) is 5.56 Å². The van der Waals surface area contributed by atoms with Gasteiger partial charge in [-0.25, -0.2) is 9.78 Å². The third-order valence-corrected chi connectivity index (χ3v) is 3.00. The number of carbonyl (C=O) groups excluding carboxylic acids is 1. The minimum absolute atomic E-state index is 0.272. The Morgan fingerprint density at radius 1 is 1.44 bits per heavy atom. The molecule has 0 aromatic carbocycles. The van der Waals surface area contributed by atoms with Crippen molar-refractivity contribution in [3.05, 3.63) is 21.8 Å². The van der Waals surface area contributed by atoms with Gasteiger partial charge < -0.3 is 4.74 Å². The van der Waals surface area contributed by atoms with Gasteiger partial charge in [0.05, 0.1) is 5.02 Å². The molecule has 1 aromatic rings. The van der Waals surface area contributed by atoms with Gasteiger partial charge in [0.1, 0.15) is 16.6 Å². The molecule has 0 bridgehead atoms. The highest BCUT2D eigenvalue weighted by Crippen LogP contribution is 2.34. The first-order chi connectivity index (χ1) is 8.28. The molecule has 1 aliphatic heterocycles. The molecule has 98 valence electrons. The van der Waals surface area contributed by atoms with Gasteiger partial charge in [0, 0.05) is 12.1 Å². The highest BCUT2D eigenvalue weighted by Gasteiger charge is 2.31. The average molecular weight is 289 g/mol.